The zero-order valence-electron chi connectivity index (χ0n) is 8.62. The van der Waals surface area contributed by atoms with Crippen LogP contribution in [0.4, 0.5) is 0 Å². The van der Waals surface area contributed by atoms with Crippen molar-refractivity contribution < 1.29 is 5.11 Å². The number of rotatable bonds is 2. The molecule has 0 amide bonds. The minimum absolute atomic E-state index is 0.404. The largest absolute Gasteiger partial charge is 0.384 e. The highest BCUT2D eigenvalue weighted by molar-refractivity contribution is 9.10. The summed E-state index contributed by atoms with van der Waals surface area (Å²) in [4.78, 5) is 0. The molecular formula is C13H15BrO. The summed E-state index contributed by atoms with van der Waals surface area (Å²) in [7, 11) is 0. The molecule has 1 nitrogen and oxygen atoms in total. The summed E-state index contributed by atoms with van der Waals surface area (Å²) in [5.41, 5.74) is 2.18. The number of benzene rings is 1. The summed E-state index contributed by atoms with van der Waals surface area (Å²) in [6, 6.07) is 7.90. The first kappa shape index (κ1) is 10.9. The normalized spacial score (nSPS) is 18.4. The molecule has 2 rings (SSSR count). The molecule has 1 aliphatic rings. The van der Waals surface area contributed by atoms with E-state index in [1.54, 1.807) is 0 Å². The predicted molar refractivity (Wildman–Crippen MR) is 65.7 cm³/mol. The number of halogens is 1. The van der Waals surface area contributed by atoms with Crippen LogP contribution in [-0.2, 0) is 0 Å². The molecule has 1 N–H and O–H groups in total. The number of aliphatic hydroxyl groups is 1. The average molecular weight is 267 g/mol. The molecule has 1 atom stereocenters. The fourth-order valence-corrected chi connectivity index (χ4v) is 2.23. The van der Waals surface area contributed by atoms with E-state index >= 15 is 0 Å². The third-order valence-electron chi connectivity index (χ3n) is 2.86. The Balaban J connectivity index is 2.16. The van der Waals surface area contributed by atoms with Crippen LogP contribution in [0.25, 0.3) is 0 Å². The maximum absolute atomic E-state index is 10.2. The van der Waals surface area contributed by atoms with Crippen LogP contribution in [0.3, 0.4) is 0 Å². The Labute approximate surface area is 99.0 Å². The first-order chi connectivity index (χ1) is 7.27. The van der Waals surface area contributed by atoms with Gasteiger partial charge in [-0.3, -0.25) is 0 Å². The number of hydrogen-bond donors (Lipinski definition) is 1. The third kappa shape index (κ3) is 2.70. The lowest BCUT2D eigenvalue weighted by Gasteiger charge is -2.18. The Morgan fingerprint density at radius 1 is 1.13 bits per heavy atom. The molecule has 0 spiro atoms. The second kappa shape index (κ2) is 4.95. The van der Waals surface area contributed by atoms with E-state index in [1.807, 2.05) is 24.3 Å². The van der Waals surface area contributed by atoms with E-state index in [-0.39, 0.29) is 0 Å². The van der Waals surface area contributed by atoms with Gasteiger partial charge in [0.15, 0.2) is 0 Å². The molecule has 0 aliphatic heterocycles. The quantitative estimate of drug-likeness (QED) is 0.803. The van der Waals surface area contributed by atoms with Gasteiger partial charge in [0.1, 0.15) is 6.10 Å². The van der Waals surface area contributed by atoms with Gasteiger partial charge in [-0.05, 0) is 49.0 Å². The second-order valence-corrected chi connectivity index (χ2v) is 4.89. The Kier molecular flexibility index (Phi) is 3.60. The van der Waals surface area contributed by atoms with E-state index in [0.29, 0.717) is 0 Å². The maximum Gasteiger partial charge on any atom is 0.100 e. The van der Waals surface area contributed by atoms with Crippen molar-refractivity contribution in [1.82, 2.24) is 0 Å². The van der Waals surface area contributed by atoms with Gasteiger partial charge in [0.05, 0.1) is 0 Å². The van der Waals surface area contributed by atoms with Crippen molar-refractivity contribution in [2.75, 3.05) is 0 Å². The van der Waals surface area contributed by atoms with Crippen LogP contribution in [0.1, 0.15) is 37.4 Å². The lowest BCUT2D eigenvalue weighted by atomic mass is 9.92. The first-order valence-electron chi connectivity index (χ1n) is 5.40. The summed E-state index contributed by atoms with van der Waals surface area (Å²) in [5, 5.41) is 10.2. The summed E-state index contributed by atoms with van der Waals surface area (Å²) in [5.74, 6) is 0. The molecule has 0 fully saturated rings. The average Bonchev–Trinajstić information content (AvgIpc) is 2.30. The zero-order chi connectivity index (χ0) is 10.7. The minimum atomic E-state index is -0.404. The van der Waals surface area contributed by atoms with Crippen LogP contribution in [0.15, 0.2) is 40.4 Å². The highest BCUT2D eigenvalue weighted by Gasteiger charge is 2.14. The van der Waals surface area contributed by atoms with Gasteiger partial charge in [-0.15, -0.1) is 0 Å². The van der Waals surface area contributed by atoms with Gasteiger partial charge in [-0.1, -0.05) is 34.1 Å². The molecule has 0 bridgehead atoms. The lowest BCUT2D eigenvalue weighted by molar-refractivity contribution is 0.208. The molecule has 0 aromatic heterocycles. The van der Waals surface area contributed by atoms with Crippen LogP contribution in [-0.4, -0.2) is 5.11 Å². The zero-order valence-corrected chi connectivity index (χ0v) is 10.2. The third-order valence-corrected chi connectivity index (χ3v) is 3.39. The first-order valence-corrected chi connectivity index (χ1v) is 6.19. The Hall–Kier alpha value is -0.600. The Bertz CT molecular complexity index is 353. The van der Waals surface area contributed by atoms with Gasteiger partial charge >= 0.3 is 0 Å². The van der Waals surface area contributed by atoms with Crippen LogP contribution in [0, 0.1) is 0 Å². The molecule has 15 heavy (non-hydrogen) atoms. The van der Waals surface area contributed by atoms with Crippen molar-refractivity contribution in [3.05, 3.63) is 46.0 Å². The summed E-state index contributed by atoms with van der Waals surface area (Å²) in [6.07, 6.45) is 6.41. The van der Waals surface area contributed by atoms with Gasteiger partial charge in [-0.2, -0.15) is 0 Å². The SMILES string of the molecule is OC(C1=CCCCC1)c1ccc(Br)cc1. The fourth-order valence-electron chi connectivity index (χ4n) is 1.97. The molecule has 1 aromatic carbocycles. The van der Waals surface area contributed by atoms with E-state index in [9.17, 15) is 5.11 Å². The van der Waals surface area contributed by atoms with Crippen LogP contribution < -0.4 is 0 Å². The maximum atomic E-state index is 10.2. The van der Waals surface area contributed by atoms with E-state index in [1.165, 1.54) is 18.4 Å². The van der Waals surface area contributed by atoms with E-state index in [0.717, 1.165) is 22.9 Å². The topological polar surface area (TPSA) is 20.2 Å². The van der Waals surface area contributed by atoms with Crippen molar-refractivity contribution in [1.29, 1.82) is 0 Å². The van der Waals surface area contributed by atoms with Crippen molar-refractivity contribution in [2.24, 2.45) is 0 Å². The van der Waals surface area contributed by atoms with Gasteiger partial charge in [-0.25, -0.2) is 0 Å². The second-order valence-electron chi connectivity index (χ2n) is 3.98. The molecule has 80 valence electrons. The van der Waals surface area contributed by atoms with E-state index in [4.69, 9.17) is 0 Å². The Morgan fingerprint density at radius 3 is 2.47 bits per heavy atom. The molecular weight excluding hydrogens is 252 g/mol. The standard InChI is InChI=1S/C13H15BrO/c14-12-8-6-11(7-9-12)13(15)10-4-2-1-3-5-10/h4,6-9,13,15H,1-3,5H2. The molecule has 0 heterocycles. The van der Waals surface area contributed by atoms with Crippen molar-refractivity contribution in [2.45, 2.75) is 31.8 Å². The highest BCUT2D eigenvalue weighted by Crippen LogP contribution is 2.30. The van der Waals surface area contributed by atoms with Gasteiger partial charge < -0.3 is 5.11 Å². The van der Waals surface area contributed by atoms with Crippen molar-refractivity contribution in [3.63, 3.8) is 0 Å². The van der Waals surface area contributed by atoms with Gasteiger partial charge in [0.25, 0.3) is 0 Å². The molecule has 0 radical (unpaired) electrons. The molecule has 2 heteroatoms. The monoisotopic (exact) mass is 266 g/mol. The van der Waals surface area contributed by atoms with Gasteiger partial charge in [0.2, 0.25) is 0 Å². The molecule has 0 saturated heterocycles. The van der Waals surface area contributed by atoms with Crippen molar-refractivity contribution in [3.8, 4) is 0 Å². The summed E-state index contributed by atoms with van der Waals surface area (Å²) < 4.78 is 1.05. The lowest BCUT2D eigenvalue weighted by Crippen LogP contribution is -2.04. The minimum Gasteiger partial charge on any atom is -0.384 e. The van der Waals surface area contributed by atoms with Crippen molar-refractivity contribution >= 4 is 15.9 Å². The van der Waals surface area contributed by atoms with E-state index in [2.05, 4.69) is 22.0 Å². The Morgan fingerprint density at radius 2 is 1.87 bits per heavy atom. The van der Waals surface area contributed by atoms with Crippen LogP contribution >= 0.6 is 15.9 Å². The number of allylic oxidation sites excluding steroid dienone is 1. The predicted octanol–water partition coefficient (Wildman–Crippen LogP) is 3.98. The smallest absolute Gasteiger partial charge is 0.100 e. The van der Waals surface area contributed by atoms with E-state index < -0.39 is 6.10 Å². The number of aliphatic hydroxyl groups excluding tert-OH is 1. The number of hydrogen-bond acceptors (Lipinski definition) is 1. The molecule has 1 unspecified atom stereocenters. The summed E-state index contributed by atoms with van der Waals surface area (Å²) >= 11 is 3.39. The fraction of sp³-hybridized carbons (Fsp3) is 0.385. The van der Waals surface area contributed by atoms with Crippen LogP contribution in [0.5, 0.6) is 0 Å². The highest BCUT2D eigenvalue weighted by atomic mass is 79.9. The summed E-state index contributed by atoms with van der Waals surface area (Å²) in [6.45, 7) is 0. The van der Waals surface area contributed by atoms with Gasteiger partial charge in [0, 0.05) is 4.47 Å². The molecule has 0 saturated carbocycles. The van der Waals surface area contributed by atoms with Crippen LogP contribution in [0.2, 0.25) is 0 Å². The molecule has 1 aliphatic carbocycles. The molecule has 1 aromatic rings.